The number of rotatable bonds is 3. The van der Waals surface area contributed by atoms with Crippen LogP contribution in [0.15, 0.2) is 47.2 Å². The molecule has 0 bridgehead atoms. The third-order valence-corrected chi connectivity index (χ3v) is 2.67. The molecule has 0 aliphatic carbocycles. The van der Waals surface area contributed by atoms with Gasteiger partial charge >= 0.3 is 0 Å². The van der Waals surface area contributed by atoms with E-state index in [0.717, 1.165) is 10.0 Å². The molecule has 2 rings (SSSR count). The van der Waals surface area contributed by atoms with Crippen LogP contribution in [0.2, 0.25) is 0 Å². The van der Waals surface area contributed by atoms with Crippen LogP contribution in [0, 0.1) is 0 Å². The maximum absolute atomic E-state index is 5.77. The lowest BCUT2D eigenvalue weighted by molar-refractivity contribution is 0.305. The Morgan fingerprint density at radius 2 is 1.94 bits per heavy atom. The summed E-state index contributed by atoms with van der Waals surface area (Å²) in [7, 11) is 0. The van der Waals surface area contributed by atoms with Crippen LogP contribution in [0.3, 0.4) is 0 Å². The summed E-state index contributed by atoms with van der Waals surface area (Å²) >= 11 is 3.35. The molecule has 0 aliphatic rings. The summed E-state index contributed by atoms with van der Waals surface area (Å²) in [4.78, 5) is 3.95. The van der Waals surface area contributed by atoms with Gasteiger partial charge in [0.1, 0.15) is 6.61 Å². The monoisotopic (exact) mass is 278 g/mol. The minimum absolute atomic E-state index is 0.494. The van der Waals surface area contributed by atoms with Gasteiger partial charge in [-0.1, -0.05) is 30.3 Å². The normalized spacial score (nSPS) is 10.1. The van der Waals surface area contributed by atoms with E-state index in [1.807, 2.05) is 30.3 Å². The number of aromatic nitrogens is 1. The molecule has 3 nitrogen and oxygen atoms in total. The average molecular weight is 279 g/mol. The predicted molar refractivity (Wildman–Crippen MR) is 67.1 cm³/mol. The van der Waals surface area contributed by atoms with Crippen LogP contribution in [-0.4, -0.2) is 4.98 Å². The highest BCUT2D eigenvalue weighted by atomic mass is 79.9. The van der Waals surface area contributed by atoms with E-state index in [1.54, 1.807) is 12.4 Å². The van der Waals surface area contributed by atoms with Crippen molar-refractivity contribution in [1.29, 1.82) is 0 Å². The van der Waals surface area contributed by atoms with Gasteiger partial charge in [-0.3, -0.25) is 4.98 Å². The summed E-state index contributed by atoms with van der Waals surface area (Å²) in [5, 5.41) is 0. The Morgan fingerprint density at radius 3 is 2.62 bits per heavy atom. The van der Waals surface area contributed by atoms with E-state index in [-0.39, 0.29) is 0 Å². The molecule has 0 saturated carbocycles. The maximum Gasteiger partial charge on any atom is 0.160 e. The minimum Gasteiger partial charge on any atom is -0.485 e. The zero-order valence-electron chi connectivity index (χ0n) is 8.56. The van der Waals surface area contributed by atoms with E-state index in [0.29, 0.717) is 18.0 Å². The second kappa shape index (κ2) is 4.99. The molecule has 0 atom stereocenters. The van der Waals surface area contributed by atoms with Gasteiger partial charge in [0.15, 0.2) is 5.75 Å². The molecule has 2 aromatic rings. The molecule has 2 N–H and O–H groups in total. The van der Waals surface area contributed by atoms with Gasteiger partial charge in [0.05, 0.1) is 16.4 Å². The Balaban J connectivity index is 2.11. The van der Waals surface area contributed by atoms with E-state index in [9.17, 15) is 0 Å². The predicted octanol–water partition coefficient (Wildman–Crippen LogP) is 3.01. The molecule has 0 amide bonds. The average Bonchev–Trinajstić information content (AvgIpc) is 2.30. The van der Waals surface area contributed by atoms with Gasteiger partial charge in [-0.05, 0) is 21.5 Å². The minimum atomic E-state index is 0.494. The lowest BCUT2D eigenvalue weighted by Crippen LogP contribution is -1.99. The van der Waals surface area contributed by atoms with Crippen LogP contribution >= 0.6 is 15.9 Å². The molecule has 1 heterocycles. The van der Waals surface area contributed by atoms with E-state index in [1.165, 1.54) is 0 Å². The molecule has 0 fully saturated rings. The maximum atomic E-state index is 5.77. The zero-order valence-corrected chi connectivity index (χ0v) is 10.1. The van der Waals surface area contributed by atoms with Crippen LogP contribution in [0.25, 0.3) is 0 Å². The molecule has 0 spiro atoms. The summed E-state index contributed by atoms with van der Waals surface area (Å²) in [5.41, 5.74) is 7.40. The molecular formula is C12H11BrN2O. The second-order valence-corrected chi connectivity index (χ2v) is 4.17. The van der Waals surface area contributed by atoms with Crippen LogP contribution in [0.1, 0.15) is 5.56 Å². The highest BCUT2D eigenvalue weighted by Crippen LogP contribution is 2.30. The fraction of sp³-hybridized carbons (Fsp3) is 0.0833. The van der Waals surface area contributed by atoms with Gasteiger partial charge in [-0.25, -0.2) is 0 Å². The molecular weight excluding hydrogens is 268 g/mol. The number of hydrogen-bond donors (Lipinski definition) is 1. The first-order chi connectivity index (χ1) is 7.77. The van der Waals surface area contributed by atoms with Crippen molar-refractivity contribution in [3.8, 4) is 5.75 Å². The lowest BCUT2D eigenvalue weighted by Gasteiger charge is -2.09. The van der Waals surface area contributed by atoms with Crippen molar-refractivity contribution < 1.29 is 4.74 Å². The van der Waals surface area contributed by atoms with E-state index in [2.05, 4.69) is 20.9 Å². The lowest BCUT2D eigenvalue weighted by atomic mass is 10.2. The Hall–Kier alpha value is -1.55. The van der Waals surface area contributed by atoms with Gasteiger partial charge in [-0.2, -0.15) is 0 Å². The quantitative estimate of drug-likeness (QED) is 0.939. The Labute approximate surface area is 102 Å². The fourth-order valence-electron chi connectivity index (χ4n) is 1.32. The SMILES string of the molecule is Nc1cncc(Br)c1OCc1ccccc1. The van der Waals surface area contributed by atoms with Crippen LogP contribution < -0.4 is 10.5 Å². The van der Waals surface area contributed by atoms with E-state index < -0.39 is 0 Å². The van der Waals surface area contributed by atoms with Crippen molar-refractivity contribution in [3.63, 3.8) is 0 Å². The molecule has 4 heteroatoms. The van der Waals surface area contributed by atoms with Crippen molar-refractivity contribution in [2.75, 3.05) is 5.73 Å². The standard InChI is InChI=1S/C12H11BrN2O/c13-10-6-15-7-11(14)12(10)16-8-9-4-2-1-3-5-9/h1-7H,8,14H2. The molecule has 16 heavy (non-hydrogen) atoms. The number of benzene rings is 1. The first-order valence-corrected chi connectivity index (χ1v) is 5.62. The summed E-state index contributed by atoms with van der Waals surface area (Å²) in [6.45, 7) is 0.494. The topological polar surface area (TPSA) is 48.1 Å². The van der Waals surface area contributed by atoms with Crippen molar-refractivity contribution in [1.82, 2.24) is 4.98 Å². The molecule has 1 aromatic carbocycles. The number of nitrogen functional groups attached to an aromatic ring is 1. The molecule has 0 saturated heterocycles. The Bertz CT molecular complexity index is 453. The van der Waals surface area contributed by atoms with Crippen molar-refractivity contribution in [3.05, 3.63) is 52.8 Å². The van der Waals surface area contributed by atoms with Crippen LogP contribution in [0.4, 0.5) is 5.69 Å². The van der Waals surface area contributed by atoms with E-state index in [4.69, 9.17) is 10.5 Å². The largest absolute Gasteiger partial charge is 0.485 e. The molecule has 0 unspecified atom stereocenters. The third-order valence-electron chi connectivity index (χ3n) is 2.11. The summed E-state index contributed by atoms with van der Waals surface area (Å²) in [5.74, 6) is 0.638. The smallest absolute Gasteiger partial charge is 0.160 e. The number of hydrogen-bond acceptors (Lipinski definition) is 3. The number of halogens is 1. The second-order valence-electron chi connectivity index (χ2n) is 3.31. The molecule has 0 radical (unpaired) electrons. The zero-order chi connectivity index (χ0) is 11.4. The third kappa shape index (κ3) is 2.52. The summed E-state index contributed by atoms with van der Waals surface area (Å²) in [6.07, 6.45) is 3.24. The first kappa shape index (κ1) is 11.0. The Kier molecular flexibility index (Phi) is 3.41. The summed E-state index contributed by atoms with van der Waals surface area (Å²) in [6, 6.07) is 9.93. The Morgan fingerprint density at radius 1 is 1.19 bits per heavy atom. The van der Waals surface area contributed by atoms with Crippen molar-refractivity contribution in [2.24, 2.45) is 0 Å². The van der Waals surface area contributed by atoms with Gasteiger partial charge in [0.2, 0.25) is 0 Å². The van der Waals surface area contributed by atoms with Gasteiger partial charge < -0.3 is 10.5 Å². The van der Waals surface area contributed by atoms with Gasteiger partial charge in [-0.15, -0.1) is 0 Å². The number of ether oxygens (including phenoxy) is 1. The number of anilines is 1. The first-order valence-electron chi connectivity index (χ1n) is 4.83. The fourth-order valence-corrected chi connectivity index (χ4v) is 1.78. The highest BCUT2D eigenvalue weighted by molar-refractivity contribution is 9.10. The van der Waals surface area contributed by atoms with Gasteiger partial charge in [0, 0.05) is 6.20 Å². The number of pyridine rings is 1. The van der Waals surface area contributed by atoms with Crippen LogP contribution in [-0.2, 0) is 6.61 Å². The molecule has 0 aliphatic heterocycles. The summed E-state index contributed by atoms with van der Waals surface area (Å²) < 4.78 is 6.41. The molecule has 1 aromatic heterocycles. The van der Waals surface area contributed by atoms with E-state index >= 15 is 0 Å². The number of nitrogens with two attached hydrogens (primary N) is 1. The van der Waals surface area contributed by atoms with Crippen molar-refractivity contribution >= 4 is 21.6 Å². The van der Waals surface area contributed by atoms with Gasteiger partial charge in [0.25, 0.3) is 0 Å². The van der Waals surface area contributed by atoms with Crippen LogP contribution in [0.5, 0.6) is 5.75 Å². The van der Waals surface area contributed by atoms with Crippen molar-refractivity contribution in [2.45, 2.75) is 6.61 Å². The molecule has 82 valence electrons. The highest BCUT2D eigenvalue weighted by Gasteiger charge is 2.05. The number of nitrogens with zero attached hydrogens (tertiary/aromatic N) is 1.